The van der Waals surface area contributed by atoms with Gasteiger partial charge in [0.05, 0.1) is 0 Å². The molecule has 2 rings (SSSR count). The zero-order valence-electron chi connectivity index (χ0n) is 24.5. The molecule has 2 aromatic carbocycles. The molecule has 0 radical (unpaired) electrons. The first kappa shape index (κ1) is 30.1. The van der Waals surface area contributed by atoms with Gasteiger partial charge >= 0.3 is 11.9 Å². The lowest BCUT2D eigenvalue weighted by molar-refractivity contribution is -0.131. The van der Waals surface area contributed by atoms with Crippen molar-refractivity contribution in [3.8, 4) is 11.5 Å². The van der Waals surface area contributed by atoms with Gasteiger partial charge in [-0.25, -0.2) is 9.59 Å². The molecule has 0 amide bonds. The molecule has 0 unspecified atom stereocenters. The van der Waals surface area contributed by atoms with E-state index in [2.05, 4.69) is 92.8 Å². The van der Waals surface area contributed by atoms with Gasteiger partial charge in [-0.2, -0.15) is 0 Å². The van der Waals surface area contributed by atoms with E-state index in [1.54, 1.807) is 13.8 Å². The molecule has 0 aromatic heterocycles. The largest absolute Gasteiger partial charge is 0.423 e. The first-order valence-corrected chi connectivity index (χ1v) is 13.1. The summed E-state index contributed by atoms with van der Waals surface area (Å²) in [6.45, 7) is 27.7. The van der Waals surface area contributed by atoms with E-state index >= 15 is 0 Å². The zero-order valence-corrected chi connectivity index (χ0v) is 24.5. The molecule has 0 saturated heterocycles. The Hall–Kier alpha value is -3.14. The Labute approximate surface area is 223 Å². The number of carbonyl (C=O) groups is 2. The quantitative estimate of drug-likeness (QED) is 0.208. The Morgan fingerprint density at radius 3 is 1.24 bits per heavy atom. The van der Waals surface area contributed by atoms with Crippen LogP contribution in [0.4, 0.5) is 0 Å². The summed E-state index contributed by atoms with van der Waals surface area (Å²) in [6, 6.07) is 8.43. The predicted octanol–water partition coefficient (Wildman–Crippen LogP) is 7.96. The highest BCUT2D eigenvalue weighted by molar-refractivity contribution is 5.90. The molecular formula is C33H44O4. The molecule has 0 atom stereocenters. The van der Waals surface area contributed by atoms with Crippen LogP contribution in [0.25, 0.3) is 0 Å². The molecule has 4 heteroatoms. The maximum Gasteiger partial charge on any atom is 0.338 e. The molecule has 0 fully saturated rings. The van der Waals surface area contributed by atoms with Gasteiger partial charge in [0.15, 0.2) is 0 Å². The first-order valence-electron chi connectivity index (χ1n) is 13.1. The van der Waals surface area contributed by atoms with Gasteiger partial charge < -0.3 is 9.47 Å². The predicted molar refractivity (Wildman–Crippen MR) is 153 cm³/mol. The fourth-order valence-corrected chi connectivity index (χ4v) is 4.10. The van der Waals surface area contributed by atoms with E-state index in [0.29, 0.717) is 29.1 Å². The average molecular weight is 505 g/mol. The normalized spacial score (nSPS) is 11.7. The molecule has 200 valence electrons. The Morgan fingerprint density at radius 2 is 1.00 bits per heavy atom. The van der Waals surface area contributed by atoms with Gasteiger partial charge in [0.2, 0.25) is 0 Å². The molecule has 0 aliphatic rings. The summed E-state index contributed by atoms with van der Waals surface area (Å²) in [5.74, 6) is 0.188. The average Bonchev–Trinajstić information content (AvgIpc) is 2.78. The summed E-state index contributed by atoms with van der Waals surface area (Å²) < 4.78 is 12.0. The number of hydrogen-bond acceptors (Lipinski definition) is 4. The number of benzene rings is 2. The van der Waals surface area contributed by atoms with Crippen LogP contribution in [0.2, 0.25) is 0 Å². The van der Waals surface area contributed by atoms with Gasteiger partial charge in [0.25, 0.3) is 0 Å². The van der Waals surface area contributed by atoms with Gasteiger partial charge in [-0.05, 0) is 48.6 Å². The molecule has 0 heterocycles. The molecule has 2 aromatic rings. The van der Waals surface area contributed by atoms with E-state index in [0.717, 1.165) is 46.2 Å². The zero-order chi connectivity index (χ0) is 28.3. The van der Waals surface area contributed by atoms with Crippen LogP contribution in [-0.2, 0) is 39.7 Å². The van der Waals surface area contributed by atoms with E-state index in [1.807, 2.05) is 0 Å². The van der Waals surface area contributed by atoms with Crippen LogP contribution in [0.5, 0.6) is 11.5 Å². The van der Waals surface area contributed by atoms with Crippen molar-refractivity contribution in [1.29, 1.82) is 0 Å². The van der Waals surface area contributed by atoms with Crippen LogP contribution >= 0.6 is 0 Å². The Balaban J connectivity index is 2.90. The van der Waals surface area contributed by atoms with Gasteiger partial charge in [0.1, 0.15) is 11.5 Å². The summed E-state index contributed by atoms with van der Waals surface area (Å²) in [5.41, 5.74) is 6.12. The maximum absolute atomic E-state index is 12.7. The van der Waals surface area contributed by atoms with Crippen molar-refractivity contribution < 1.29 is 19.1 Å². The second-order valence-corrected chi connectivity index (χ2v) is 12.0. The van der Waals surface area contributed by atoms with Gasteiger partial charge in [-0.1, -0.05) is 92.8 Å². The fraction of sp³-hybridized carbons (Fsp3) is 0.455. The maximum atomic E-state index is 12.7. The Kier molecular flexibility index (Phi) is 9.35. The van der Waals surface area contributed by atoms with Crippen molar-refractivity contribution in [2.75, 3.05) is 0 Å². The highest BCUT2D eigenvalue weighted by atomic mass is 16.5. The monoisotopic (exact) mass is 504 g/mol. The van der Waals surface area contributed by atoms with Gasteiger partial charge in [-0.15, -0.1) is 0 Å². The summed E-state index contributed by atoms with van der Waals surface area (Å²) in [6.07, 6.45) is 2.11. The Bertz CT molecular complexity index is 1120. The van der Waals surface area contributed by atoms with Crippen molar-refractivity contribution in [3.05, 3.63) is 82.0 Å². The third-order valence-corrected chi connectivity index (χ3v) is 6.35. The van der Waals surface area contributed by atoms with Crippen molar-refractivity contribution in [2.45, 2.75) is 99.3 Å². The molecule has 0 bridgehead atoms. The lowest BCUT2D eigenvalue weighted by Gasteiger charge is -2.28. The summed E-state index contributed by atoms with van der Waals surface area (Å²) in [7, 11) is 0. The van der Waals surface area contributed by atoms with E-state index in [1.165, 1.54) is 0 Å². The second-order valence-electron chi connectivity index (χ2n) is 12.0. The molecule has 0 N–H and O–H groups in total. The van der Waals surface area contributed by atoms with E-state index in [9.17, 15) is 9.59 Å². The minimum atomic E-state index is -0.456. The topological polar surface area (TPSA) is 52.6 Å². The van der Waals surface area contributed by atoms with Gasteiger partial charge in [0, 0.05) is 39.8 Å². The molecule has 0 aliphatic heterocycles. The molecule has 0 aliphatic carbocycles. The molecular weight excluding hydrogens is 460 g/mol. The number of carbonyl (C=O) groups excluding carboxylic acids is 2. The molecule has 37 heavy (non-hydrogen) atoms. The van der Waals surface area contributed by atoms with Crippen molar-refractivity contribution in [1.82, 2.24) is 0 Å². The first-order chi connectivity index (χ1) is 17.0. The molecule has 0 saturated carbocycles. The summed E-state index contributed by atoms with van der Waals surface area (Å²) in [4.78, 5) is 25.4. The number of rotatable bonds is 8. The highest BCUT2D eigenvalue weighted by Gasteiger charge is 2.28. The minimum Gasteiger partial charge on any atom is -0.423 e. The third-order valence-electron chi connectivity index (χ3n) is 6.35. The minimum absolute atomic E-state index is 0.262. The van der Waals surface area contributed by atoms with Crippen molar-refractivity contribution in [2.24, 2.45) is 0 Å². The second kappa shape index (κ2) is 11.5. The van der Waals surface area contributed by atoms with E-state index in [-0.39, 0.29) is 10.8 Å². The number of ether oxygens (including phenoxy) is 2. The highest BCUT2D eigenvalue weighted by Crippen LogP contribution is 2.41. The summed E-state index contributed by atoms with van der Waals surface area (Å²) >= 11 is 0. The smallest absolute Gasteiger partial charge is 0.338 e. The number of hydrogen-bond donors (Lipinski definition) is 0. The van der Waals surface area contributed by atoms with E-state index in [4.69, 9.17) is 9.47 Å². The third kappa shape index (κ3) is 7.44. The number of esters is 2. The van der Waals surface area contributed by atoms with E-state index < -0.39 is 11.9 Å². The lowest BCUT2D eigenvalue weighted by atomic mass is 9.81. The summed E-state index contributed by atoms with van der Waals surface area (Å²) in [5, 5.41) is 0. The molecule has 4 nitrogen and oxygen atoms in total. The van der Waals surface area contributed by atoms with Crippen LogP contribution in [0, 0.1) is 0 Å². The SMILES string of the molecule is C=C(C)C(=O)Oc1c(Cc2cc(CC)cc(C(C)(C)C)c2OC(=O)C(=C)C)cc(CC)cc1C(C)(C)C. The van der Waals surface area contributed by atoms with Crippen LogP contribution in [-0.4, -0.2) is 11.9 Å². The van der Waals surface area contributed by atoms with Crippen LogP contribution in [0.3, 0.4) is 0 Å². The standard InChI is InChI=1S/C33H44O4/c1-13-22-15-24(28(36-30(34)20(3)4)26(17-22)32(7,8)9)19-25-16-23(14-2)18-27(33(10,11)12)29(25)37-31(35)21(5)6/h15-18H,3,5,13-14,19H2,1-2,4,6-12H3. The fourth-order valence-electron chi connectivity index (χ4n) is 4.10. The Morgan fingerprint density at radius 1 is 0.676 bits per heavy atom. The lowest BCUT2D eigenvalue weighted by Crippen LogP contribution is -2.20. The van der Waals surface area contributed by atoms with Gasteiger partial charge in [-0.3, -0.25) is 0 Å². The van der Waals surface area contributed by atoms with Crippen molar-refractivity contribution in [3.63, 3.8) is 0 Å². The van der Waals surface area contributed by atoms with Crippen LogP contribution < -0.4 is 9.47 Å². The molecule has 0 spiro atoms. The van der Waals surface area contributed by atoms with Crippen molar-refractivity contribution >= 4 is 11.9 Å². The van der Waals surface area contributed by atoms with Crippen LogP contribution in [0.1, 0.15) is 103 Å². The number of aryl methyl sites for hydroxylation is 2. The van der Waals surface area contributed by atoms with Crippen LogP contribution in [0.15, 0.2) is 48.6 Å².